The van der Waals surface area contributed by atoms with E-state index in [0.29, 0.717) is 50.3 Å². The Balaban J connectivity index is 1.91. The highest BCUT2D eigenvalue weighted by molar-refractivity contribution is 5.76. The van der Waals surface area contributed by atoms with E-state index in [4.69, 9.17) is 9.84 Å². The van der Waals surface area contributed by atoms with Gasteiger partial charge in [0.15, 0.2) is 0 Å². The maximum Gasteiger partial charge on any atom is 0.303 e. The van der Waals surface area contributed by atoms with Crippen molar-refractivity contribution in [2.24, 2.45) is 0 Å². The van der Waals surface area contributed by atoms with E-state index >= 15 is 0 Å². The minimum Gasteiger partial charge on any atom is -0.491 e. The van der Waals surface area contributed by atoms with Gasteiger partial charge in [-0.25, -0.2) is 4.39 Å². The summed E-state index contributed by atoms with van der Waals surface area (Å²) < 4.78 is 18.8. The number of carbonyl (C=O) groups excluding carboxylic acids is 1. The number of carboxylic acids is 1. The fourth-order valence-electron chi connectivity index (χ4n) is 2.29. The van der Waals surface area contributed by atoms with Crippen LogP contribution in [0.2, 0.25) is 0 Å². The summed E-state index contributed by atoms with van der Waals surface area (Å²) in [5.74, 6) is -0.651. The van der Waals surface area contributed by atoms with Crippen LogP contribution in [0.1, 0.15) is 31.2 Å². The number of hydrogen-bond acceptors (Lipinski definition) is 3. The van der Waals surface area contributed by atoms with E-state index in [9.17, 15) is 14.0 Å². The number of amides is 1. The molecule has 1 aromatic rings. The average Bonchev–Trinajstić information content (AvgIpc) is 2.64. The SMILES string of the molecule is O=C(O)CCCCC(=O)N1CCOc2ccc(F)cc2C1. The monoisotopic (exact) mass is 295 g/mol. The van der Waals surface area contributed by atoms with Gasteiger partial charge in [0.05, 0.1) is 6.54 Å². The van der Waals surface area contributed by atoms with Crippen LogP contribution in [0.25, 0.3) is 0 Å². The van der Waals surface area contributed by atoms with E-state index < -0.39 is 5.97 Å². The van der Waals surface area contributed by atoms with Gasteiger partial charge in [0.1, 0.15) is 18.2 Å². The fraction of sp³-hybridized carbons (Fsp3) is 0.467. The number of rotatable bonds is 5. The van der Waals surface area contributed by atoms with E-state index in [0.717, 1.165) is 0 Å². The molecule has 1 amide bonds. The van der Waals surface area contributed by atoms with Gasteiger partial charge >= 0.3 is 5.97 Å². The van der Waals surface area contributed by atoms with E-state index in [1.54, 1.807) is 11.0 Å². The number of halogens is 1. The normalized spacial score (nSPS) is 14.0. The molecule has 0 bridgehead atoms. The number of benzene rings is 1. The summed E-state index contributed by atoms with van der Waals surface area (Å²) in [6, 6.07) is 4.29. The van der Waals surface area contributed by atoms with Crippen LogP contribution in [-0.2, 0) is 16.1 Å². The fourth-order valence-corrected chi connectivity index (χ4v) is 2.29. The second kappa shape index (κ2) is 7.06. The van der Waals surface area contributed by atoms with E-state index in [-0.39, 0.29) is 18.1 Å². The van der Waals surface area contributed by atoms with Crippen molar-refractivity contribution in [3.8, 4) is 5.75 Å². The zero-order chi connectivity index (χ0) is 15.2. The molecule has 0 unspecified atom stereocenters. The van der Waals surface area contributed by atoms with Gasteiger partial charge in [-0.2, -0.15) is 0 Å². The Kier molecular flexibility index (Phi) is 5.14. The van der Waals surface area contributed by atoms with Crippen molar-refractivity contribution in [3.63, 3.8) is 0 Å². The Bertz CT molecular complexity index is 532. The smallest absolute Gasteiger partial charge is 0.303 e. The predicted octanol–water partition coefficient (Wildman–Crippen LogP) is 2.19. The Morgan fingerprint density at radius 2 is 2.05 bits per heavy atom. The molecule has 21 heavy (non-hydrogen) atoms. The maximum absolute atomic E-state index is 13.3. The highest BCUT2D eigenvalue weighted by Crippen LogP contribution is 2.24. The number of nitrogens with zero attached hydrogens (tertiary/aromatic N) is 1. The number of unbranched alkanes of at least 4 members (excludes halogenated alkanes) is 1. The molecule has 0 spiro atoms. The van der Waals surface area contributed by atoms with Gasteiger partial charge in [0, 0.05) is 24.9 Å². The number of carboxylic acid groups (broad SMARTS) is 1. The minimum atomic E-state index is -0.852. The van der Waals surface area contributed by atoms with Crippen LogP contribution in [0.15, 0.2) is 18.2 Å². The molecule has 0 fully saturated rings. The van der Waals surface area contributed by atoms with Crippen LogP contribution in [0.4, 0.5) is 4.39 Å². The molecule has 0 atom stereocenters. The number of aliphatic carboxylic acids is 1. The molecule has 2 rings (SSSR count). The molecule has 0 radical (unpaired) electrons. The van der Waals surface area contributed by atoms with Crippen molar-refractivity contribution in [2.75, 3.05) is 13.2 Å². The van der Waals surface area contributed by atoms with E-state index in [2.05, 4.69) is 0 Å². The Morgan fingerprint density at radius 3 is 2.81 bits per heavy atom. The zero-order valence-electron chi connectivity index (χ0n) is 11.7. The lowest BCUT2D eigenvalue weighted by Gasteiger charge is -2.19. The van der Waals surface area contributed by atoms with Crippen molar-refractivity contribution < 1.29 is 23.8 Å². The second-order valence-electron chi connectivity index (χ2n) is 5.02. The first-order valence-corrected chi connectivity index (χ1v) is 6.97. The summed E-state index contributed by atoms with van der Waals surface area (Å²) in [5.41, 5.74) is 0.659. The maximum atomic E-state index is 13.3. The molecule has 0 saturated heterocycles. The van der Waals surface area contributed by atoms with Crippen molar-refractivity contribution in [1.82, 2.24) is 4.90 Å². The Labute approximate surface area is 122 Å². The van der Waals surface area contributed by atoms with Crippen LogP contribution in [0.5, 0.6) is 5.75 Å². The molecule has 1 heterocycles. The summed E-state index contributed by atoms with van der Waals surface area (Å²) >= 11 is 0. The predicted molar refractivity (Wildman–Crippen MR) is 73.4 cm³/mol. The largest absolute Gasteiger partial charge is 0.491 e. The molecule has 1 aromatic carbocycles. The third kappa shape index (κ3) is 4.44. The van der Waals surface area contributed by atoms with Gasteiger partial charge in [-0.15, -0.1) is 0 Å². The van der Waals surface area contributed by atoms with Gasteiger partial charge in [-0.3, -0.25) is 9.59 Å². The van der Waals surface area contributed by atoms with Gasteiger partial charge in [-0.05, 0) is 31.0 Å². The van der Waals surface area contributed by atoms with E-state index in [1.807, 2.05) is 0 Å². The second-order valence-corrected chi connectivity index (χ2v) is 5.02. The molecule has 114 valence electrons. The van der Waals surface area contributed by atoms with Crippen LogP contribution in [-0.4, -0.2) is 35.0 Å². The first-order chi connectivity index (χ1) is 10.1. The third-order valence-corrected chi connectivity index (χ3v) is 3.39. The average molecular weight is 295 g/mol. The highest BCUT2D eigenvalue weighted by Gasteiger charge is 2.19. The van der Waals surface area contributed by atoms with Crippen LogP contribution < -0.4 is 4.74 Å². The lowest BCUT2D eigenvalue weighted by molar-refractivity contribution is -0.137. The van der Waals surface area contributed by atoms with Crippen LogP contribution >= 0.6 is 0 Å². The van der Waals surface area contributed by atoms with Crippen LogP contribution in [0.3, 0.4) is 0 Å². The molecule has 1 aliphatic rings. The molecule has 0 aromatic heterocycles. The first kappa shape index (κ1) is 15.3. The standard InChI is InChI=1S/C15H18FNO4/c16-12-5-6-13-11(9-12)10-17(7-8-21-13)14(18)3-1-2-4-15(19)20/h5-6,9H,1-4,7-8,10H2,(H,19,20). The lowest BCUT2D eigenvalue weighted by atomic mass is 10.1. The Morgan fingerprint density at radius 1 is 1.29 bits per heavy atom. The topological polar surface area (TPSA) is 66.8 Å². The van der Waals surface area contributed by atoms with Crippen molar-refractivity contribution in [3.05, 3.63) is 29.6 Å². The third-order valence-electron chi connectivity index (χ3n) is 3.39. The molecule has 5 nitrogen and oxygen atoms in total. The van der Waals surface area contributed by atoms with Crippen LogP contribution in [0, 0.1) is 5.82 Å². The molecular formula is C15H18FNO4. The van der Waals surface area contributed by atoms with Gasteiger partial charge in [0.25, 0.3) is 0 Å². The minimum absolute atomic E-state index is 0.0545. The molecule has 1 aliphatic heterocycles. The quantitative estimate of drug-likeness (QED) is 0.846. The summed E-state index contributed by atoms with van der Waals surface area (Å²) in [6.45, 7) is 1.15. The summed E-state index contributed by atoms with van der Waals surface area (Å²) in [4.78, 5) is 24.2. The summed E-state index contributed by atoms with van der Waals surface area (Å²) in [6.07, 6.45) is 1.40. The highest BCUT2D eigenvalue weighted by atomic mass is 19.1. The summed E-state index contributed by atoms with van der Waals surface area (Å²) in [5, 5.41) is 8.55. The number of hydrogen-bond donors (Lipinski definition) is 1. The number of ether oxygens (including phenoxy) is 1. The van der Waals surface area contributed by atoms with Crippen molar-refractivity contribution in [2.45, 2.75) is 32.2 Å². The van der Waals surface area contributed by atoms with E-state index in [1.165, 1.54) is 12.1 Å². The summed E-state index contributed by atoms with van der Waals surface area (Å²) in [7, 11) is 0. The zero-order valence-corrected chi connectivity index (χ0v) is 11.7. The molecular weight excluding hydrogens is 277 g/mol. The molecule has 6 heteroatoms. The molecule has 0 saturated carbocycles. The van der Waals surface area contributed by atoms with Crippen molar-refractivity contribution in [1.29, 1.82) is 0 Å². The number of carbonyl (C=O) groups is 2. The van der Waals surface area contributed by atoms with Crippen molar-refractivity contribution >= 4 is 11.9 Å². The first-order valence-electron chi connectivity index (χ1n) is 6.97. The van der Waals surface area contributed by atoms with Gasteiger partial charge in [0.2, 0.25) is 5.91 Å². The Hall–Kier alpha value is -2.11. The molecule has 1 N–H and O–H groups in total. The van der Waals surface area contributed by atoms with Gasteiger partial charge < -0.3 is 14.7 Å². The van der Waals surface area contributed by atoms with Gasteiger partial charge in [-0.1, -0.05) is 0 Å². The lowest BCUT2D eigenvalue weighted by Crippen LogP contribution is -2.32. The molecule has 0 aliphatic carbocycles. The number of fused-ring (bicyclic) bond motifs is 1.